The van der Waals surface area contributed by atoms with Gasteiger partial charge in [-0.3, -0.25) is 4.90 Å². The van der Waals surface area contributed by atoms with E-state index >= 15 is 0 Å². The molecule has 1 aromatic rings. The molecule has 2 nitrogen and oxygen atoms in total. The second-order valence-corrected chi connectivity index (χ2v) is 3.77. The van der Waals surface area contributed by atoms with E-state index in [4.69, 9.17) is 5.11 Å². The lowest BCUT2D eigenvalue weighted by molar-refractivity contribution is 0.159. The molecule has 0 aliphatic carbocycles. The van der Waals surface area contributed by atoms with Gasteiger partial charge < -0.3 is 5.11 Å². The second-order valence-electron chi connectivity index (χ2n) is 3.77. The Kier molecular flexibility index (Phi) is 4.63. The second kappa shape index (κ2) is 5.78. The van der Waals surface area contributed by atoms with Crippen LogP contribution in [0.2, 0.25) is 0 Å². The van der Waals surface area contributed by atoms with E-state index in [1.165, 1.54) is 5.56 Å². The van der Waals surface area contributed by atoms with Crippen molar-refractivity contribution >= 4 is 0 Å². The van der Waals surface area contributed by atoms with Crippen LogP contribution in [0.5, 0.6) is 0 Å². The Hall–Kier alpha value is -0.860. The number of nitrogens with zero attached hydrogens (tertiary/aromatic N) is 1. The number of hydrogen-bond acceptors (Lipinski definition) is 2. The van der Waals surface area contributed by atoms with Crippen LogP contribution in [-0.2, 0) is 6.54 Å². The average molecular weight is 193 g/mol. The summed E-state index contributed by atoms with van der Waals surface area (Å²) in [7, 11) is 0. The summed E-state index contributed by atoms with van der Waals surface area (Å²) >= 11 is 0. The van der Waals surface area contributed by atoms with Crippen molar-refractivity contribution in [1.29, 1.82) is 0 Å². The maximum atomic E-state index is 8.92. The zero-order valence-corrected chi connectivity index (χ0v) is 8.98. The van der Waals surface area contributed by atoms with E-state index in [2.05, 4.69) is 30.9 Å². The standard InChI is InChI=1S/C12H19NO/c1-11(2)13(8-9-14)10-12-6-4-3-5-7-12/h3-7,11,14H,8-10H2,1-2H3. The Labute approximate surface area is 86.2 Å². The third kappa shape index (κ3) is 3.48. The highest BCUT2D eigenvalue weighted by molar-refractivity contribution is 5.14. The highest BCUT2D eigenvalue weighted by Crippen LogP contribution is 2.07. The summed E-state index contributed by atoms with van der Waals surface area (Å²) in [4.78, 5) is 2.26. The molecule has 14 heavy (non-hydrogen) atoms. The Morgan fingerprint density at radius 3 is 2.36 bits per heavy atom. The van der Waals surface area contributed by atoms with Gasteiger partial charge in [0.25, 0.3) is 0 Å². The lowest BCUT2D eigenvalue weighted by atomic mass is 10.2. The predicted octanol–water partition coefficient (Wildman–Crippen LogP) is 1.89. The zero-order valence-electron chi connectivity index (χ0n) is 8.98. The van der Waals surface area contributed by atoms with Crippen molar-refractivity contribution in [3.05, 3.63) is 35.9 Å². The summed E-state index contributed by atoms with van der Waals surface area (Å²) in [6, 6.07) is 10.8. The first kappa shape index (κ1) is 11.2. The van der Waals surface area contributed by atoms with Crippen LogP contribution in [-0.4, -0.2) is 29.2 Å². The van der Waals surface area contributed by atoms with Gasteiger partial charge in [-0.2, -0.15) is 0 Å². The highest BCUT2D eigenvalue weighted by atomic mass is 16.3. The molecule has 0 amide bonds. The first-order valence-electron chi connectivity index (χ1n) is 5.13. The van der Waals surface area contributed by atoms with Crippen LogP contribution in [0.3, 0.4) is 0 Å². The van der Waals surface area contributed by atoms with Crippen LogP contribution in [0, 0.1) is 0 Å². The molecule has 0 aromatic heterocycles. The van der Waals surface area contributed by atoms with E-state index in [1.807, 2.05) is 18.2 Å². The molecule has 0 heterocycles. The number of rotatable bonds is 5. The minimum Gasteiger partial charge on any atom is -0.395 e. The van der Waals surface area contributed by atoms with E-state index in [-0.39, 0.29) is 6.61 Å². The summed E-state index contributed by atoms with van der Waals surface area (Å²) in [5.74, 6) is 0. The maximum Gasteiger partial charge on any atom is 0.0558 e. The Bertz CT molecular complexity index is 246. The molecule has 78 valence electrons. The first-order valence-corrected chi connectivity index (χ1v) is 5.13. The quantitative estimate of drug-likeness (QED) is 0.772. The molecule has 0 atom stereocenters. The Balaban J connectivity index is 2.55. The predicted molar refractivity (Wildman–Crippen MR) is 59.1 cm³/mol. The van der Waals surface area contributed by atoms with Gasteiger partial charge in [-0.1, -0.05) is 30.3 Å². The van der Waals surface area contributed by atoms with Gasteiger partial charge in [0.15, 0.2) is 0 Å². The molecule has 0 bridgehead atoms. The number of hydrogen-bond donors (Lipinski definition) is 1. The fourth-order valence-electron chi connectivity index (χ4n) is 1.47. The van der Waals surface area contributed by atoms with Crippen molar-refractivity contribution in [2.45, 2.75) is 26.4 Å². The van der Waals surface area contributed by atoms with Crippen molar-refractivity contribution in [2.75, 3.05) is 13.2 Å². The van der Waals surface area contributed by atoms with Gasteiger partial charge in [0.05, 0.1) is 6.61 Å². The summed E-state index contributed by atoms with van der Waals surface area (Å²) in [5, 5.41) is 8.92. The lowest BCUT2D eigenvalue weighted by Crippen LogP contribution is -2.32. The largest absolute Gasteiger partial charge is 0.395 e. The molecule has 0 radical (unpaired) electrons. The molecular weight excluding hydrogens is 174 g/mol. The van der Waals surface area contributed by atoms with Gasteiger partial charge in [0.2, 0.25) is 0 Å². The molecule has 0 saturated heterocycles. The fourth-order valence-corrected chi connectivity index (χ4v) is 1.47. The monoisotopic (exact) mass is 193 g/mol. The number of benzene rings is 1. The van der Waals surface area contributed by atoms with E-state index < -0.39 is 0 Å². The molecule has 0 unspecified atom stereocenters. The molecule has 1 N–H and O–H groups in total. The van der Waals surface area contributed by atoms with Crippen LogP contribution in [0.25, 0.3) is 0 Å². The molecule has 0 fully saturated rings. The fraction of sp³-hybridized carbons (Fsp3) is 0.500. The SMILES string of the molecule is CC(C)N(CCO)Cc1ccccc1. The lowest BCUT2D eigenvalue weighted by Gasteiger charge is -2.25. The van der Waals surface area contributed by atoms with Crippen molar-refractivity contribution < 1.29 is 5.11 Å². The summed E-state index contributed by atoms with van der Waals surface area (Å²) in [5.41, 5.74) is 1.30. The van der Waals surface area contributed by atoms with Crippen molar-refractivity contribution in [2.24, 2.45) is 0 Å². The molecule has 2 heteroatoms. The Morgan fingerprint density at radius 1 is 1.21 bits per heavy atom. The minimum absolute atomic E-state index is 0.227. The minimum atomic E-state index is 0.227. The zero-order chi connectivity index (χ0) is 10.4. The first-order chi connectivity index (χ1) is 6.74. The van der Waals surface area contributed by atoms with Gasteiger partial charge in [-0.05, 0) is 19.4 Å². The van der Waals surface area contributed by atoms with Crippen LogP contribution < -0.4 is 0 Å². The molecule has 0 saturated carbocycles. The van der Waals surface area contributed by atoms with Crippen LogP contribution in [0.15, 0.2) is 30.3 Å². The normalized spacial score (nSPS) is 11.2. The van der Waals surface area contributed by atoms with Gasteiger partial charge in [-0.25, -0.2) is 0 Å². The van der Waals surface area contributed by atoms with Crippen LogP contribution in [0.4, 0.5) is 0 Å². The molecule has 1 aromatic carbocycles. The molecule has 1 rings (SSSR count). The van der Waals surface area contributed by atoms with Crippen molar-refractivity contribution in [3.63, 3.8) is 0 Å². The number of aliphatic hydroxyl groups is 1. The summed E-state index contributed by atoms with van der Waals surface area (Å²) < 4.78 is 0. The van der Waals surface area contributed by atoms with Gasteiger partial charge in [-0.15, -0.1) is 0 Å². The third-order valence-corrected chi connectivity index (χ3v) is 2.35. The smallest absolute Gasteiger partial charge is 0.0558 e. The maximum absolute atomic E-state index is 8.92. The molecule has 0 aliphatic heterocycles. The van der Waals surface area contributed by atoms with E-state index in [0.29, 0.717) is 6.04 Å². The Morgan fingerprint density at radius 2 is 1.86 bits per heavy atom. The number of aliphatic hydroxyl groups excluding tert-OH is 1. The highest BCUT2D eigenvalue weighted by Gasteiger charge is 2.08. The summed E-state index contributed by atoms with van der Waals surface area (Å²) in [6.45, 7) is 6.19. The van der Waals surface area contributed by atoms with E-state index in [0.717, 1.165) is 13.1 Å². The van der Waals surface area contributed by atoms with Crippen molar-refractivity contribution in [3.8, 4) is 0 Å². The van der Waals surface area contributed by atoms with Gasteiger partial charge in [0, 0.05) is 19.1 Å². The molecule has 0 spiro atoms. The molecular formula is C12H19NO. The van der Waals surface area contributed by atoms with Gasteiger partial charge in [0.1, 0.15) is 0 Å². The van der Waals surface area contributed by atoms with E-state index in [1.54, 1.807) is 0 Å². The molecule has 0 aliphatic rings. The average Bonchev–Trinajstić information content (AvgIpc) is 2.18. The van der Waals surface area contributed by atoms with Crippen molar-refractivity contribution in [1.82, 2.24) is 4.90 Å². The third-order valence-electron chi connectivity index (χ3n) is 2.35. The topological polar surface area (TPSA) is 23.5 Å². The van der Waals surface area contributed by atoms with Crippen LogP contribution >= 0.6 is 0 Å². The van der Waals surface area contributed by atoms with E-state index in [9.17, 15) is 0 Å². The summed E-state index contributed by atoms with van der Waals surface area (Å²) in [6.07, 6.45) is 0. The van der Waals surface area contributed by atoms with Gasteiger partial charge >= 0.3 is 0 Å². The van der Waals surface area contributed by atoms with Crippen LogP contribution in [0.1, 0.15) is 19.4 Å².